The molecule has 1 amide bonds. The number of carbonyl (C=O) groups is 2. The van der Waals surface area contributed by atoms with Crippen LogP contribution < -0.4 is 0 Å². The van der Waals surface area contributed by atoms with Crippen molar-refractivity contribution in [3.63, 3.8) is 0 Å². The van der Waals surface area contributed by atoms with Crippen LogP contribution in [0.4, 0.5) is 0 Å². The molecular weight excluding hydrogens is 270 g/mol. The van der Waals surface area contributed by atoms with Gasteiger partial charge in [0.1, 0.15) is 11.7 Å². The predicted octanol–water partition coefficient (Wildman–Crippen LogP) is 1.79. The lowest BCUT2D eigenvalue weighted by atomic mass is 9.90. The molecule has 1 aliphatic heterocycles. The number of carboxylic acid groups (broad SMARTS) is 1. The minimum atomic E-state index is -0.922. The Labute approximate surface area is 124 Å². The Balaban J connectivity index is 2.33. The molecule has 2 heterocycles. The van der Waals surface area contributed by atoms with Crippen molar-refractivity contribution in [3.05, 3.63) is 17.5 Å². The molecule has 1 aliphatic rings. The first-order chi connectivity index (χ1) is 9.99. The van der Waals surface area contributed by atoms with Gasteiger partial charge in [-0.1, -0.05) is 13.8 Å². The lowest BCUT2D eigenvalue weighted by molar-refractivity contribution is -0.145. The van der Waals surface area contributed by atoms with Crippen LogP contribution >= 0.6 is 0 Å². The number of hydrogen-bond donors (Lipinski definition) is 1. The second kappa shape index (κ2) is 6.28. The number of carboxylic acids is 1. The van der Waals surface area contributed by atoms with Gasteiger partial charge in [0.05, 0.1) is 5.69 Å². The van der Waals surface area contributed by atoms with Crippen LogP contribution in [0.2, 0.25) is 0 Å². The van der Waals surface area contributed by atoms with E-state index >= 15 is 0 Å². The zero-order valence-corrected chi connectivity index (χ0v) is 12.9. The van der Waals surface area contributed by atoms with E-state index in [1.165, 1.54) is 4.90 Å². The van der Waals surface area contributed by atoms with E-state index in [1.54, 1.807) is 10.7 Å². The molecule has 21 heavy (non-hydrogen) atoms. The van der Waals surface area contributed by atoms with E-state index < -0.39 is 12.0 Å². The number of rotatable bonds is 4. The number of aromatic nitrogens is 2. The third-order valence-corrected chi connectivity index (χ3v) is 4.16. The highest BCUT2D eigenvalue weighted by molar-refractivity contribution is 5.95. The summed E-state index contributed by atoms with van der Waals surface area (Å²) in [4.78, 5) is 25.8. The van der Waals surface area contributed by atoms with Crippen LogP contribution in [-0.4, -0.2) is 44.3 Å². The monoisotopic (exact) mass is 293 g/mol. The van der Waals surface area contributed by atoms with Crippen LogP contribution in [0, 0.1) is 5.92 Å². The van der Waals surface area contributed by atoms with Crippen molar-refractivity contribution < 1.29 is 14.7 Å². The summed E-state index contributed by atoms with van der Waals surface area (Å²) in [7, 11) is 0. The molecule has 0 bridgehead atoms. The fourth-order valence-electron chi connectivity index (χ4n) is 3.00. The summed E-state index contributed by atoms with van der Waals surface area (Å²) in [5.41, 5.74) is 1.35. The predicted molar refractivity (Wildman–Crippen MR) is 78.1 cm³/mol. The standard InChI is InChI=1S/C15H23N3O3/c1-4-11-9-12(18(5-2)16-11)14(19)17-8-6-7-10(3)13(17)15(20)21/h9-10,13H,4-8H2,1-3H3,(H,20,21). The molecule has 2 rings (SSSR count). The number of aliphatic carboxylic acids is 1. The van der Waals surface area contributed by atoms with Crippen LogP contribution in [0.15, 0.2) is 6.07 Å². The average molecular weight is 293 g/mol. The van der Waals surface area contributed by atoms with Gasteiger partial charge in [0.25, 0.3) is 5.91 Å². The Morgan fingerprint density at radius 2 is 2.14 bits per heavy atom. The summed E-state index contributed by atoms with van der Waals surface area (Å²) in [6.07, 6.45) is 2.44. The van der Waals surface area contributed by atoms with Crippen molar-refractivity contribution >= 4 is 11.9 Å². The molecule has 6 nitrogen and oxygen atoms in total. The van der Waals surface area contributed by atoms with Gasteiger partial charge in [0.2, 0.25) is 0 Å². The molecule has 116 valence electrons. The lowest BCUT2D eigenvalue weighted by Crippen LogP contribution is -2.52. The summed E-state index contributed by atoms with van der Waals surface area (Å²) in [6, 6.07) is 1.04. The number of piperidine rings is 1. The van der Waals surface area contributed by atoms with E-state index in [2.05, 4.69) is 5.10 Å². The Kier molecular flexibility index (Phi) is 4.65. The molecule has 0 aliphatic carbocycles. The molecule has 2 atom stereocenters. The molecule has 0 radical (unpaired) electrons. The third kappa shape index (κ3) is 2.94. The van der Waals surface area contributed by atoms with Crippen molar-refractivity contribution in [2.24, 2.45) is 5.92 Å². The Bertz CT molecular complexity index is 538. The van der Waals surface area contributed by atoms with Crippen LogP contribution in [0.3, 0.4) is 0 Å². The Morgan fingerprint density at radius 1 is 1.43 bits per heavy atom. The van der Waals surface area contributed by atoms with E-state index in [-0.39, 0.29) is 11.8 Å². The highest BCUT2D eigenvalue weighted by Gasteiger charge is 2.38. The van der Waals surface area contributed by atoms with Gasteiger partial charge in [0.15, 0.2) is 0 Å². The van der Waals surface area contributed by atoms with Crippen molar-refractivity contribution in [2.45, 2.75) is 52.6 Å². The molecule has 0 saturated carbocycles. The number of nitrogens with zero attached hydrogens (tertiary/aromatic N) is 3. The number of hydrogen-bond acceptors (Lipinski definition) is 3. The summed E-state index contributed by atoms with van der Waals surface area (Å²) < 4.78 is 1.67. The second-order valence-electron chi connectivity index (χ2n) is 5.59. The molecule has 2 unspecified atom stereocenters. The van der Waals surface area contributed by atoms with Gasteiger partial charge in [-0.3, -0.25) is 9.48 Å². The fraction of sp³-hybridized carbons (Fsp3) is 0.667. The quantitative estimate of drug-likeness (QED) is 0.918. The van der Waals surface area contributed by atoms with Crippen molar-refractivity contribution in [1.82, 2.24) is 14.7 Å². The minimum absolute atomic E-state index is 0.0242. The largest absolute Gasteiger partial charge is 0.480 e. The molecule has 1 aromatic rings. The van der Waals surface area contributed by atoms with Crippen molar-refractivity contribution in [1.29, 1.82) is 0 Å². The van der Waals surface area contributed by atoms with E-state index in [9.17, 15) is 14.7 Å². The minimum Gasteiger partial charge on any atom is -0.480 e. The summed E-state index contributed by atoms with van der Waals surface area (Å²) in [6.45, 7) is 6.90. The molecule has 0 spiro atoms. The van der Waals surface area contributed by atoms with Gasteiger partial charge < -0.3 is 10.0 Å². The maximum Gasteiger partial charge on any atom is 0.326 e. The van der Waals surface area contributed by atoms with E-state index in [0.717, 1.165) is 25.0 Å². The molecular formula is C15H23N3O3. The van der Waals surface area contributed by atoms with Gasteiger partial charge >= 0.3 is 5.97 Å². The molecule has 0 aromatic carbocycles. The first-order valence-corrected chi connectivity index (χ1v) is 7.60. The SMILES string of the molecule is CCc1cc(C(=O)N2CCCC(C)C2C(=O)O)n(CC)n1. The number of likely N-dealkylation sites (tertiary alicyclic amines) is 1. The normalized spacial score (nSPS) is 22.3. The highest BCUT2D eigenvalue weighted by atomic mass is 16.4. The van der Waals surface area contributed by atoms with E-state index in [1.807, 2.05) is 20.8 Å². The number of amides is 1. The van der Waals surface area contributed by atoms with Gasteiger partial charge in [-0.2, -0.15) is 5.10 Å². The highest BCUT2D eigenvalue weighted by Crippen LogP contribution is 2.25. The summed E-state index contributed by atoms with van der Waals surface area (Å²) >= 11 is 0. The average Bonchev–Trinajstić information content (AvgIpc) is 2.89. The van der Waals surface area contributed by atoms with Gasteiger partial charge in [-0.05, 0) is 38.2 Å². The first kappa shape index (κ1) is 15.5. The first-order valence-electron chi connectivity index (χ1n) is 7.60. The van der Waals surface area contributed by atoms with Gasteiger partial charge in [-0.15, -0.1) is 0 Å². The van der Waals surface area contributed by atoms with E-state index in [4.69, 9.17) is 0 Å². The second-order valence-corrected chi connectivity index (χ2v) is 5.59. The molecule has 6 heteroatoms. The molecule has 1 N–H and O–H groups in total. The number of aryl methyl sites for hydroxylation is 2. The van der Waals surface area contributed by atoms with Crippen LogP contribution in [-0.2, 0) is 17.8 Å². The smallest absolute Gasteiger partial charge is 0.326 e. The van der Waals surface area contributed by atoms with Crippen LogP contribution in [0.25, 0.3) is 0 Å². The Hall–Kier alpha value is -1.85. The maximum absolute atomic E-state index is 12.8. The summed E-state index contributed by atoms with van der Waals surface area (Å²) in [5.74, 6) is -1.17. The Morgan fingerprint density at radius 3 is 2.71 bits per heavy atom. The zero-order chi connectivity index (χ0) is 15.6. The zero-order valence-electron chi connectivity index (χ0n) is 12.9. The van der Waals surface area contributed by atoms with Crippen molar-refractivity contribution in [2.75, 3.05) is 6.54 Å². The van der Waals surface area contributed by atoms with Crippen LogP contribution in [0.5, 0.6) is 0 Å². The van der Waals surface area contributed by atoms with Crippen molar-refractivity contribution in [3.8, 4) is 0 Å². The lowest BCUT2D eigenvalue weighted by Gasteiger charge is -2.37. The molecule has 1 fully saturated rings. The maximum atomic E-state index is 12.8. The fourth-order valence-corrected chi connectivity index (χ4v) is 3.00. The van der Waals surface area contributed by atoms with Gasteiger partial charge in [0, 0.05) is 13.1 Å². The topological polar surface area (TPSA) is 75.4 Å². The molecule has 1 saturated heterocycles. The molecule has 1 aromatic heterocycles. The number of carbonyl (C=O) groups excluding carboxylic acids is 1. The van der Waals surface area contributed by atoms with Gasteiger partial charge in [-0.25, -0.2) is 4.79 Å². The van der Waals surface area contributed by atoms with E-state index in [0.29, 0.717) is 18.8 Å². The van der Waals surface area contributed by atoms with Crippen LogP contribution in [0.1, 0.15) is 49.8 Å². The summed E-state index contributed by atoms with van der Waals surface area (Å²) in [5, 5.41) is 13.8. The third-order valence-electron chi connectivity index (χ3n) is 4.16.